The van der Waals surface area contributed by atoms with Crippen LogP contribution in [0.4, 0.5) is 13.2 Å². The van der Waals surface area contributed by atoms with Crippen LogP contribution in [-0.4, -0.2) is 38.6 Å². The Balaban J connectivity index is 1.39. The number of benzene rings is 1. The van der Waals surface area contributed by atoms with Crippen LogP contribution in [0, 0.1) is 11.8 Å². The number of ketones is 1. The largest absolute Gasteiger partial charge is 0.433 e. The molecule has 1 saturated carbocycles. The maximum absolute atomic E-state index is 13.4. The van der Waals surface area contributed by atoms with Crippen molar-refractivity contribution >= 4 is 22.7 Å². The summed E-state index contributed by atoms with van der Waals surface area (Å²) in [6, 6.07) is 5.97. The third-order valence-corrected chi connectivity index (χ3v) is 7.83. The van der Waals surface area contributed by atoms with Crippen molar-refractivity contribution in [3.8, 4) is 0 Å². The number of aliphatic imine (C=N–C) groups is 1. The Kier molecular flexibility index (Phi) is 7.01. The molecule has 37 heavy (non-hydrogen) atoms. The van der Waals surface area contributed by atoms with Gasteiger partial charge in [0.25, 0.3) is 0 Å². The second-order valence-electron chi connectivity index (χ2n) is 10.0. The number of fused-ring (bicyclic) bond motifs is 1. The summed E-state index contributed by atoms with van der Waals surface area (Å²) in [5.74, 6) is 1.10. The number of nitrogens with zero attached hydrogens (tertiary/aromatic N) is 4. The van der Waals surface area contributed by atoms with Crippen LogP contribution < -0.4 is 0 Å². The summed E-state index contributed by atoms with van der Waals surface area (Å²) in [6.07, 6.45) is 8.19. The summed E-state index contributed by atoms with van der Waals surface area (Å²) in [6.45, 7) is 4.28. The Morgan fingerprint density at radius 3 is 2.59 bits per heavy atom. The third kappa shape index (κ3) is 4.98. The molecule has 0 atom stereocenters. The fraction of sp³-hybridized carbons (Fsp3) is 0.448. The predicted octanol–water partition coefficient (Wildman–Crippen LogP) is 6.68. The van der Waals surface area contributed by atoms with Crippen LogP contribution in [0.25, 0.3) is 11.2 Å². The number of alkyl halides is 3. The molecule has 0 amide bonds. The van der Waals surface area contributed by atoms with Gasteiger partial charge in [-0.2, -0.15) is 13.2 Å². The van der Waals surface area contributed by atoms with Crippen molar-refractivity contribution in [3.05, 3.63) is 70.9 Å². The number of allylic oxidation sites excluding steroid dienone is 1. The predicted molar refractivity (Wildman–Crippen MR) is 138 cm³/mol. The molecule has 3 aromatic rings. The van der Waals surface area contributed by atoms with Gasteiger partial charge in [0.05, 0.1) is 24.1 Å². The average Bonchev–Trinajstić information content (AvgIpc) is 3.56. The van der Waals surface area contributed by atoms with Crippen molar-refractivity contribution in [1.29, 1.82) is 0 Å². The molecule has 5 nitrogen and oxygen atoms in total. The highest BCUT2D eigenvalue weighted by atomic mass is 19.4. The molecule has 0 N–H and O–H groups in total. The zero-order chi connectivity index (χ0) is 26.2. The van der Waals surface area contributed by atoms with Crippen molar-refractivity contribution in [1.82, 2.24) is 14.4 Å². The molecule has 194 valence electrons. The summed E-state index contributed by atoms with van der Waals surface area (Å²) >= 11 is 0. The molecule has 0 saturated heterocycles. The summed E-state index contributed by atoms with van der Waals surface area (Å²) in [4.78, 5) is 25.9. The molecule has 2 aliphatic rings. The average molecular weight is 509 g/mol. The number of aromatic nitrogens is 3. The lowest BCUT2D eigenvalue weighted by Gasteiger charge is -2.27. The molecule has 0 spiro atoms. The molecule has 5 rings (SSSR count). The topological polar surface area (TPSA) is 59.6 Å². The minimum Gasteiger partial charge on any atom is -0.297 e. The number of rotatable bonds is 7. The number of carbonyl (C=O) groups is 1. The number of imidazole rings is 1. The van der Waals surface area contributed by atoms with Gasteiger partial charge in [-0.05, 0) is 49.1 Å². The lowest BCUT2D eigenvalue weighted by atomic mass is 9.77. The Bertz CT molecular complexity index is 1380. The molecular weight excluding hydrogens is 477 g/mol. The van der Waals surface area contributed by atoms with Gasteiger partial charge < -0.3 is 0 Å². The van der Waals surface area contributed by atoms with Gasteiger partial charge in [0, 0.05) is 35.9 Å². The first-order valence-electron chi connectivity index (χ1n) is 13.1. The molecule has 8 heteroatoms. The SMILES string of the molecule is CCc1cc(Cc2nccn3c(C4=CCN=C4C(F)(F)F)cnc23)ccc1C(=O)C1CCC(CC)CC1. The number of aryl methyl sites for hydroxylation is 1. The second kappa shape index (κ2) is 10.2. The molecule has 3 heterocycles. The Labute approximate surface area is 214 Å². The normalized spacial score (nSPS) is 20.2. The van der Waals surface area contributed by atoms with Gasteiger partial charge >= 0.3 is 6.18 Å². The van der Waals surface area contributed by atoms with Crippen LogP contribution in [0.3, 0.4) is 0 Å². The number of Topliss-reactive ketones (excluding diaryl/α,β-unsaturated/α-hetero) is 1. The van der Waals surface area contributed by atoms with Crippen LogP contribution in [0.15, 0.2) is 47.9 Å². The standard InChI is InChI=1S/C29H31F3N4O/c1-3-18-5-8-21(9-6-18)26(37)22-10-7-19(15-20(22)4-2)16-24-28-35-17-25(36(28)14-13-33-24)23-11-12-34-27(23)29(30,31)32/h7,10-11,13-15,17-18,21H,3-6,8-9,12,16H2,1-2H3. The van der Waals surface area contributed by atoms with E-state index >= 15 is 0 Å². The highest BCUT2D eigenvalue weighted by molar-refractivity contribution is 6.27. The van der Waals surface area contributed by atoms with Crippen LogP contribution in [0.1, 0.15) is 78.8 Å². The highest BCUT2D eigenvalue weighted by Gasteiger charge is 2.40. The molecule has 0 unspecified atom stereocenters. The lowest BCUT2D eigenvalue weighted by molar-refractivity contribution is -0.0571. The molecular formula is C29H31F3N4O. The maximum atomic E-state index is 13.4. The summed E-state index contributed by atoms with van der Waals surface area (Å²) < 4.78 is 42.0. The van der Waals surface area contributed by atoms with Gasteiger partial charge in [-0.15, -0.1) is 0 Å². The molecule has 1 aliphatic heterocycles. The lowest BCUT2D eigenvalue weighted by Crippen LogP contribution is -2.23. The number of carbonyl (C=O) groups excluding carboxylic acids is 1. The molecule has 1 fully saturated rings. The fourth-order valence-corrected chi connectivity index (χ4v) is 5.71. The van der Waals surface area contributed by atoms with Gasteiger partial charge in [-0.1, -0.05) is 44.5 Å². The van der Waals surface area contributed by atoms with Gasteiger partial charge in [0.1, 0.15) is 5.71 Å². The fourth-order valence-electron chi connectivity index (χ4n) is 5.71. The van der Waals surface area contributed by atoms with E-state index in [1.165, 1.54) is 18.7 Å². The molecule has 0 radical (unpaired) electrons. The number of hydrogen-bond donors (Lipinski definition) is 0. The molecule has 0 bridgehead atoms. The van der Waals surface area contributed by atoms with E-state index in [1.807, 2.05) is 12.1 Å². The Morgan fingerprint density at radius 2 is 1.89 bits per heavy atom. The molecule has 1 aliphatic carbocycles. The first-order valence-corrected chi connectivity index (χ1v) is 13.1. The van der Waals surface area contributed by atoms with Crippen molar-refractivity contribution in [2.45, 2.75) is 65.0 Å². The molecule has 2 aromatic heterocycles. The van der Waals surface area contributed by atoms with E-state index in [4.69, 9.17) is 0 Å². The zero-order valence-electron chi connectivity index (χ0n) is 21.2. The van der Waals surface area contributed by atoms with Crippen molar-refractivity contribution in [2.75, 3.05) is 6.54 Å². The van der Waals surface area contributed by atoms with E-state index < -0.39 is 11.9 Å². The summed E-state index contributed by atoms with van der Waals surface area (Å²) in [7, 11) is 0. The minimum atomic E-state index is -4.52. The van der Waals surface area contributed by atoms with Crippen LogP contribution in [0.5, 0.6) is 0 Å². The van der Waals surface area contributed by atoms with Crippen LogP contribution in [0.2, 0.25) is 0 Å². The van der Waals surface area contributed by atoms with Crippen LogP contribution in [-0.2, 0) is 12.8 Å². The van der Waals surface area contributed by atoms with Gasteiger partial charge in [-0.3, -0.25) is 19.2 Å². The Hall–Kier alpha value is -3.29. The van der Waals surface area contributed by atoms with E-state index in [9.17, 15) is 18.0 Å². The van der Waals surface area contributed by atoms with Crippen LogP contribution >= 0.6 is 0 Å². The van der Waals surface area contributed by atoms with Gasteiger partial charge in [0.15, 0.2) is 11.4 Å². The van der Waals surface area contributed by atoms with Gasteiger partial charge in [-0.25, -0.2) is 4.98 Å². The summed E-state index contributed by atoms with van der Waals surface area (Å²) in [5.41, 5.74) is 3.52. The smallest absolute Gasteiger partial charge is 0.297 e. The minimum absolute atomic E-state index is 0.000255. The highest BCUT2D eigenvalue weighted by Crippen LogP contribution is 2.34. The summed E-state index contributed by atoms with van der Waals surface area (Å²) in [5, 5.41) is 0. The van der Waals surface area contributed by atoms with E-state index in [-0.39, 0.29) is 23.8 Å². The number of hydrogen-bond acceptors (Lipinski definition) is 4. The maximum Gasteiger partial charge on any atom is 0.433 e. The van der Waals surface area contributed by atoms with Crippen molar-refractivity contribution in [3.63, 3.8) is 0 Å². The monoisotopic (exact) mass is 508 g/mol. The molecule has 1 aromatic carbocycles. The van der Waals surface area contributed by atoms with E-state index in [2.05, 4.69) is 34.9 Å². The van der Waals surface area contributed by atoms with Gasteiger partial charge in [0.2, 0.25) is 0 Å². The van der Waals surface area contributed by atoms with E-state index in [1.54, 1.807) is 16.8 Å². The third-order valence-electron chi connectivity index (χ3n) is 7.83. The van der Waals surface area contributed by atoms with Crippen molar-refractivity contribution in [2.24, 2.45) is 16.8 Å². The van der Waals surface area contributed by atoms with Crippen molar-refractivity contribution < 1.29 is 18.0 Å². The second-order valence-corrected chi connectivity index (χ2v) is 10.0. The Morgan fingerprint density at radius 1 is 1.11 bits per heavy atom. The first kappa shape index (κ1) is 25.4. The van der Waals surface area contributed by atoms with E-state index in [0.29, 0.717) is 23.5 Å². The zero-order valence-corrected chi connectivity index (χ0v) is 21.2. The number of halogens is 3. The quantitative estimate of drug-likeness (QED) is 0.335. The first-order chi connectivity index (χ1) is 17.8. The van der Waals surface area contributed by atoms with E-state index in [0.717, 1.165) is 54.7 Å².